The smallest absolute Gasteiger partial charge is 0.328 e. The fourth-order valence-corrected chi connectivity index (χ4v) is 3.68. The molecule has 0 spiro atoms. The van der Waals surface area contributed by atoms with E-state index in [0.717, 1.165) is 22.9 Å². The van der Waals surface area contributed by atoms with Crippen LogP contribution in [0.15, 0.2) is 22.7 Å². The van der Waals surface area contributed by atoms with Crippen molar-refractivity contribution in [1.82, 2.24) is 4.90 Å². The first-order valence-corrected chi connectivity index (χ1v) is 7.58. The van der Waals surface area contributed by atoms with Crippen molar-refractivity contribution < 1.29 is 14.3 Å². The number of methoxy groups -OCH3 is 1. The maximum Gasteiger partial charge on any atom is 0.328 e. The third kappa shape index (κ3) is 2.14. The topological polar surface area (TPSA) is 46.6 Å². The van der Waals surface area contributed by atoms with Crippen molar-refractivity contribution in [2.24, 2.45) is 0 Å². The van der Waals surface area contributed by atoms with Crippen molar-refractivity contribution in [3.05, 3.63) is 33.8 Å². The molecule has 0 N–H and O–H groups in total. The van der Waals surface area contributed by atoms with Crippen LogP contribution in [-0.4, -0.2) is 29.9 Å². The van der Waals surface area contributed by atoms with Gasteiger partial charge in [0.05, 0.1) is 13.2 Å². The molecule has 1 saturated heterocycles. The van der Waals surface area contributed by atoms with Gasteiger partial charge in [0.25, 0.3) is 0 Å². The zero-order valence-corrected chi connectivity index (χ0v) is 12.9. The molecule has 106 valence electrons. The zero-order valence-electron chi connectivity index (χ0n) is 11.3. The Kier molecular flexibility index (Phi) is 3.54. The summed E-state index contributed by atoms with van der Waals surface area (Å²) in [7, 11) is 1.38. The van der Waals surface area contributed by atoms with E-state index in [-0.39, 0.29) is 17.9 Å². The molecule has 1 aliphatic carbocycles. The lowest BCUT2D eigenvalue weighted by atomic mass is 10.1. The maximum atomic E-state index is 12.2. The Morgan fingerprint density at radius 1 is 1.35 bits per heavy atom. The minimum Gasteiger partial charge on any atom is -0.467 e. The highest BCUT2D eigenvalue weighted by Gasteiger charge is 2.43. The summed E-state index contributed by atoms with van der Waals surface area (Å²) in [4.78, 5) is 25.8. The van der Waals surface area contributed by atoms with Gasteiger partial charge in [-0.05, 0) is 42.5 Å². The Bertz CT molecular complexity index is 572. The highest BCUT2D eigenvalue weighted by Crippen LogP contribution is 2.41. The van der Waals surface area contributed by atoms with Gasteiger partial charge in [-0.25, -0.2) is 4.79 Å². The third-order valence-corrected chi connectivity index (χ3v) is 4.71. The second-order valence-corrected chi connectivity index (χ2v) is 6.19. The molecular weight excluding hydrogens is 322 g/mol. The molecule has 2 unspecified atom stereocenters. The van der Waals surface area contributed by atoms with Crippen molar-refractivity contribution in [2.75, 3.05) is 7.11 Å². The highest BCUT2D eigenvalue weighted by atomic mass is 79.9. The number of carbonyl (C=O) groups is 2. The number of benzene rings is 1. The van der Waals surface area contributed by atoms with Crippen LogP contribution in [0.25, 0.3) is 0 Å². The summed E-state index contributed by atoms with van der Waals surface area (Å²) in [6.45, 7) is 0. The summed E-state index contributed by atoms with van der Waals surface area (Å²) in [6, 6.07) is 5.74. The van der Waals surface area contributed by atoms with Gasteiger partial charge in [-0.1, -0.05) is 22.0 Å². The SMILES string of the molecule is COC(=O)C1CCC(=O)N1C1CCc2ccc(Br)cc21. The molecule has 0 aromatic heterocycles. The van der Waals surface area contributed by atoms with E-state index < -0.39 is 6.04 Å². The van der Waals surface area contributed by atoms with Gasteiger partial charge in [0.1, 0.15) is 6.04 Å². The van der Waals surface area contributed by atoms with Crippen LogP contribution in [0.5, 0.6) is 0 Å². The Morgan fingerprint density at radius 3 is 2.90 bits per heavy atom. The molecule has 4 nitrogen and oxygen atoms in total. The number of hydrogen-bond donors (Lipinski definition) is 0. The number of rotatable bonds is 2. The monoisotopic (exact) mass is 337 g/mol. The van der Waals surface area contributed by atoms with Crippen molar-refractivity contribution in [3.8, 4) is 0 Å². The van der Waals surface area contributed by atoms with Crippen LogP contribution in [0.4, 0.5) is 0 Å². The first kappa shape index (κ1) is 13.6. The van der Waals surface area contributed by atoms with Gasteiger partial charge in [-0.2, -0.15) is 0 Å². The van der Waals surface area contributed by atoms with Gasteiger partial charge in [-0.15, -0.1) is 0 Å². The zero-order chi connectivity index (χ0) is 14.3. The first-order chi connectivity index (χ1) is 9.61. The van der Waals surface area contributed by atoms with E-state index in [2.05, 4.69) is 28.1 Å². The van der Waals surface area contributed by atoms with Crippen molar-refractivity contribution in [1.29, 1.82) is 0 Å². The van der Waals surface area contributed by atoms with Crippen molar-refractivity contribution >= 4 is 27.8 Å². The third-order valence-electron chi connectivity index (χ3n) is 4.22. The summed E-state index contributed by atoms with van der Waals surface area (Å²) >= 11 is 3.48. The lowest BCUT2D eigenvalue weighted by molar-refractivity contribution is -0.150. The molecular formula is C15H16BrNO3. The molecule has 1 aromatic carbocycles. The average molecular weight is 338 g/mol. The normalized spacial score (nSPS) is 24.9. The Labute approximate surface area is 126 Å². The molecule has 3 rings (SSSR count). The van der Waals surface area contributed by atoms with Crippen LogP contribution < -0.4 is 0 Å². The van der Waals surface area contributed by atoms with E-state index in [4.69, 9.17) is 4.74 Å². The fraction of sp³-hybridized carbons (Fsp3) is 0.467. The molecule has 1 heterocycles. The Balaban J connectivity index is 1.95. The number of esters is 1. The number of likely N-dealkylation sites (tertiary alicyclic amines) is 1. The summed E-state index contributed by atoms with van der Waals surface area (Å²) in [5, 5.41) is 0. The number of amides is 1. The van der Waals surface area contributed by atoms with Gasteiger partial charge < -0.3 is 9.64 Å². The lowest BCUT2D eigenvalue weighted by Crippen LogP contribution is -2.41. The number of hydrogen-bond acceptors (Lipinski definition) is 3. The minimum atomic E-state index is -0.428. The van der Waals surface area contributed by atoms with Crippen molar-refractivity contribution in [3.63, 3.8) is 0 Å². The first-order valence-electron chi connectivity index (χ1n) is 6.79. The fourth-order valence-electron chi connectivity index (χ4n) is 3.30. The van der Waals surface area contributed by atoms with Gasteiger partial charge >= 0.3 is 5.97 Å². The predicted octanol–water partition coefficient (Wildman–Crippen LogP) is 2.60. The van der Waals surface area contributed by atoms with E-state index in [1.165, 1.54) is 12.7 Å². The lowest BCUT2D eigenvalue weighted by Gasteiger charge is -2.30. The summed E-state index contributed by atoms with van der Waals surface area (Å²) in [5.74, 6) is -0.252. The molecule has 1 aromatic rings. The largest absolute Gasteiger partial charge is 0.467 e. The highest BCUT2D eigenvalue weighted by molar-refractivity contribution is 9.10. The molecule has 0 saturated carbocycles. The number of fused-ring (bicyclic) bond motifs is 1. The van der Waals surface area contributed by atoms with Gasteiger partial charge in [0, 0.05) is 10.9 Å². The quantitative estimate of drug-likeness (QED) is 0.779. The molecule has 1 aliphatic heterocycles. The Morgan fingerprint density at radius 2 is 2.15 bits per heavy atom. The summed E-state index contributed by atoms with van der Waals surface area (Å²) in [5.41, 5.74) is 2.42. The van der Waals surface area contributed by atoms with Crippen LogP contribution in [0.3, 0.4) is 0 Å². The van der Waals surface area contributed by atoms with Gasteiger partial charge in [0.15, 0.2) is 0 Å². The van der Waals surface area contributed by atoms with Crippen LogP contribution in [0, 0.1) is 0 Å². The van der Waals surface area contributed by atoms with Crippen LogP contribution in [0.1, 0.15) is 36.4 Å². The number of halogens is 1. The van der Waals surface area contributed by atoms with E-state index in [9.17, 15) is 9.59 Å². The van der Waals surface area contributed by atoms with Crippen LogP contribution >= 0.6 is 15.9 Å². The van der Waals surface area contributed by atoms with Crippen LogP contribution in [-0.2, 0) is 20.7 Å². The van der Waals surface area contributed by atoms with Gasteiger partial charge in [0.2, 0.25) is 5.91 Å². The van der Waals surface area contributed by atoms with Crippen LogP contribution in [0.2, 0.25) is 0 Å². The molecule has 5 heteroatoms. The average Bonchev–Trinajstić information content (AvgIpc) is 3.01. The molecule has 1 fully saturated rings. The number of carbonyl (C=O) groups excluding carboxylic acids is 2. The molecule has 2 atom stereocenters. The van der Waals surface area contributed by atoms with E-state index in [1.54, 1.807) is 4.90 Å². The van der Waals surface area contributed by atoms with E-state index in [1.807, 2.05) is 6.07 Å². The summed E-state index contributed by atoms with van der Waals surface area (Å²) < 4.78 is 5.85. The van der Waals surface area contributed by atoms with E-state index >= 15 is 0 Å². The molecule has 2 aliphatic rings. The second-order valence-electron chi connectivity index (χ2n) is 5.28. The molecule has 0 radical (unpaired) electrons. The summed E-state index contributed by atoms with van der Waals surface area (Å²) in [6.07, 6.45) is 2.82. The molecule has 0 bridgehead atoms. The van der Waals surface area contributed by atoms with Crippen molar-refractivity contribution in [2.45, 2.75) is 37.8 Å². The second kappa shape index (κ2) is 5.20. The number of nitrogens with zero attached hydrogens (tertiary/aromatic N) is 1. The predicted molar refractivity (Wildman–Crippen MR) is 77.1 cm³/mol. The standard InChI is InChI=1S/C15H16BrNO3/c1-20-15(19)13-6-7-14(18)17(13)12-5-3-9-2-4-10(16)8-11(9)12/h2,4,8,12-13H,3,5-7H2,1H3. The number of ether oxygens (including phenoxy) is 1. The maximum absolute atomic E-state index is 12.2. The molecule has 1 amide bonds. The van der Waals surface area contributed by atoms with E-state index in [0.29, 0.717) is 12.8 Å². The molecule has 20 heavy (non-hydrogen) atoms. The number of aryl methyl sites for hydroxylation is 1. The van der Waals surface area contributed by atoms with Gasteiger partial charge in [-0.3, -0.25) is 4.79 Å². The minimum absolute atomic E-state index is 0.00148. The Hall–Kier alpha value is -1.36.